The topological polar surface area (TPSA) is 55.1 Å². The van der Waals surface area contributed by atoms with Crippen LogP contribution in [-0.4, -0.2) is 5.91 Å². The number of para-hydroxylation sites is 1. The predicted octanol–water partition coefficient (Wildman–Crippen LogP) is 3.74. The molecule has 19 heavy (non-hydrogen) atoms. The van der Waals surface area contributed by atoms with E-state index in [1.165, 1.54) is 0 Å². The predicted molar refractivity (Wildman–Crippen MR) is 87.4 cm³/mol. The van der Waals surface area contributed by atoms with E-state index in [1.807, 2.05) is 44.2 Å². The van der Waals surface area contributed by atoms with Crippen LogP contribution in [0.4, 0.5) is 11.4 Å². The van der Waals surface area contributed by atoms with Gasteiger partial charge in [0.05, 0.1) is 16.9 Å². The molecule has 0 fully saturated rings. The molecule has 2 rings (SSSR count). The Morgan fingerprint density at radius 3 is 2.42 bits per heavy atom. The number of anilines is 2. The number of carbonyl (C=O) groups is 1. The van der Waals surface area contributed by atoms with E-state index in [2.05, 4.69) is 27.9 Å². The minimum absolute atomic E-state index is 0.130. The second-order valence-corrected chi connectivity index (χ2v) is 5.51. The summed E-state index contributed by atoms with van der Waals surface area (Å²) < 4.78 is 0.963. The molecule has 0 aliphatic carbocycles. The number of nitrogen functional groups attached to an aromatic ring is 1. The molecular formula is C15H15IN2O. The fourth-order valence-electron chi connectivity index (χ4n) is 1.86. The maximum absolute atomic E-state index is 12.3. The number of benzene rings is 2. The van der Waals surface area contributed by atoms with Gasteiger partial charge >= 0.3 is 0 Å². The molecule has 98 valence electrons. The highest BCUT2D eigenvalue weighted by Crippen LogP contribution is 2.24. The summed E-state index contributed by atoms with van der Waals surface area (Å²) in [6.07, 6.45) is 0. The lowest BCUT2D eigenvalue weighted by Crippen LogP contribution is -2.15. The Hall–Kier alpha value is -1.56. The molecule has 2 aromatic carbocycles. The van der Waals surface area contributed by atoms with Gasteiger partial charge in [-0.15, -0.1) is 0 Å². The summed E-state index contributed by atoms with van der Waals surface area (Å²) in [5, 5.41) is 2.89. The Bertz CT molecular complexity index is 618. The molecule has 2 aromatic rings. The molecule has 0 heterocycles. The summed E-state index contributed by atoms with van der Waals surface area (Å²) in [5.41, 5.74) is 9.88. The van der Waals surface area contributed by atoms with Crippen LogP contribution in [-0.2, 0) is 0 Å². The van der Waals surface area contributed by atoms with E-state index < -0.39 is 0 Å². The SMILES string of the molecule is Cc1cccc(C(=O)Nc2c(C)cccc2N)c1I. The number of carbonyl (C=O) groups excluding carboxylic acids is 1. The van der Waals surface area contributed by atoms with Crippen molar-refractivity contribution in [1.82, 2.24) is 0 Å². The van der Waals surface area contributed by atoms with Gasteiger partial charge in [-0.2, -0.15) is 0 Å². The molecule has 0 aliphatic heterocycles. The maximum Gasteiger partial charge on any atom is 0.256 e. The van der Waals surface area contributed by atoms with E-state index in [-0.39, 0.29) is 5.91 Å². The lowest BCUT2D eigenvalue weighted by molar-refractivity contribution is 0.102. The van der Waals surface area contributed by atoms with Crippen LogP contribution in [0.25, 0.3) is 0 Å². The number of hydrogen-bond donors (Lipinski definition) is 2. The van der Waals surface area contributed by atoms with Crippen LogP contribution in [0.5, 0.6) is 0 Å². The number of rotatable bonds is 2. The molecule has 0 saturated carbocycles. The summed E-state index contributed by atoms with van der Waals surface area (Å²) >= 11 is 2.19. The first-order valence-electron chi connectivity index (χ1n) is 5.92. The molecule has 0 spiro atoms. The summed E-state index contributed by atoms with van der Waals surface area (Å²) in [7, 11) is 0. The summed E-state index contributed by atoms with van der Waals surface area (Å²) in [4.78, 5) is 12.3. The number of amides is 1. The molecule has 1 amide bonds. The summed E-state index contributed by atoms with van der Waals surface area (Å²) in [5.74, 6) is -0.130. The van der Waals surface area contributed by atoms with Crippen LogP contribution < -0.4 is 11.1 Å². The monoisotopic (exact) mass is 366 g/mol. The molecule has 3 N–H and O–H groups in total. The Morgan fingerprint density at radius 1 is 1.11 bits per heavy atom. The third kappa shape index (κ3) is 2.89. The Kier molecular flexibility index (Phi) is 4.09. The van der Waals surface area contributed by atoms with Crippen molar-refractivity contribution in [2.24, 2.45) is 0 Å². The van der Waals surface area contributed by atoms with E-state index in [1.54, 1.807) is 6.07 Å². The first-order valence-corrected chi connectivity index (χ1v) is 7.00. The maximum atomic E-state index is 12.3. The van der Waals surface area contributed by atoms with Gasteiger partial charge in [-0.25, -0.2) is 0 Å². The first kappa shape index (κ1) is 13.9. The van der Waals surface area contributed by atoms with Gasteiger partial charge in [0.15, 0.2) is 0 Å². The highest BCUT2D eigenvalue weighted by atomic mass is 127. The van der Waals surface area contributed by atoms with Crippen LogP contribution in [0.3, 0.4) is 0 Å². The highest BCUT2D eigenvalue weighted by Gasteiger charge is 2.13. The lowest BCUT2D eigenvalue weighted by atomic mass is 10.1. The number of nitrogens with two attached hydrogens (primary N) is 1. The normalized spacial score (nSPS) is 10.3. The van der Waals surface area contributed by atoms with Crippen molar-refractivity contribution in [3.63, 3.8) is 0 Å². The molecule has 0 aromatic heterocycles. The highest BCUT2D eigenvalue weighted by molar-refractivity contribution is 14.1. The Balaban J connectivity index is 2.34. The number of hydrogen-bond acceptors (Lipinski definition) is 2. The van der Waals surface area contributed by atoms with E-state index in [0.29, 0.717) is 16.9 Å². The molecule has 0 aliphatic rings. The van der Waals surface area contributed by atoms with Crippen LogP contribution in [0, 0.1) is 17.4 Å². The van der Waals surface area contributed by atoms with Crippen LogP contribution in [0.1, 0.15) is 21.5 Å². The lowest BCUT2D eigenvalue weighted by Gasteiger charge is -2.12. The Morgan fingerprint density at radius 2 is 1.74 bits per heavy atom. The molecule has 4 heteroatoms. The Labute approximate surface area is 126 Å². The number of aryl methyl sites for hydroxylation is 2. The van der Waals surface area contributed by atoms with Gasteiger partial charge in [0.2, 0.25) is 0 Å². The fraction of sp³-hybridized carbons (Fsp3) is 0.133. The molecule has 3 nitrogen and oxygen atoms in total. The minimum Gasteiger partial charge on any atom is -0.397 e. The smallest absolute Gasteiger partial charge is 0.256 e. The van der Waals surface area contributed by atoms with E-state index >= 15 is 0 Å². The van der Waals surface area contributed by atoms with Crippen molar-refractivity contribution in [1.29, 1.82) is 0 Å². The summed E-state index contributed by atoms with van der Waals surface area (Å²) in [6.45, 7) is 3.91. The van der Waals surface area contributed by atoms with Gasteiger partial charge in [-0.1, -0.05) is 24.3 Å². The van der Waals surface area contributed by atoms with Crippen LogP contribution in [0.2, 0.25) is 0 Å². The standard InChI is InChI=1S/C15H15IN2O/c1-9-5-3-7-11(13(9)16)15(19)18-14-10(2)6-4-8-12(14)17/h3-8H,17H2,1-2H3,(H,18,19). The van der Waals surface area contributed by atoms with E-state index in [9.17, 15) is 4.79 Å². The number of halogens is 1. The van der Waals surface area contributed by atoms with Crippen LogP contribution >= 0.6 is 22.6 Å². The van der Waals surface area contributed by atoms with Crippen molar-refractivity contribution in [3.8, 4) is 0 Å². The molecule has 0 bridgehead atoms. The van der Waals surface area contributed by atoms with Gasteiger partial charge in [-0.05, 0) is 59.7 Å². The zero-order chi connectivity index (χ0) is 14.0. The minimum atomic E-state index is -0.130. The van der Waals surface area contributed by atoms with Crippen LogP contribution in [0.15, 0.2) is 36.4 Å². The number of nitrogens with one attached hydrogen (secondary N) is 1. The first-order chi connectivity index (χ1) is 9.00. The van der Waals surface area contributed by atoms with Gasteiger partial charge in [-0.3, -0.25) is 4.79 Å². The van der Waals surface area contributed by atoms with Crippen molar-refractivity contribution in [3.05, 3.63) is 56.7 Å². The third-order valence-corrected chi connectivity index (χ3v) is 4.41. The molecule has 0 saturated heterocycles. The fourth-order valence-corrected chi connectivity index (χ4v) is 2.47. The zero-order valence-corrected chi connectivity index (χ0v) is 13.0. The molecule has 0 unspecified atom stereocenters. The summed E-state index contributed by atoms with van der Waals surface area (Å²) in [6, 6.07) is 11.3. The second kappa shape index (κ2) is 5.61. The van der Waals surface area contributed by atoms with Gasteiger partial charge in [0, 0.05) is 3.57 Å². The van der Waals surface area contributed by atoms with Gasteiger partial charge < -0.3 is 11.1 Å². The van der Waals surface area contributed by atoms with Crippen molar-refractivity contribution in [2.75, 3.05) is 11.1 Å². The van der Waals surface area contributed by atoms with E-state index in [4.69, 9.17) is 5.73 Å². The average molecular weight is 366 g/mol. The largest absolute Gasteiger partial charge is 0.397 e. The zero-order valence-electron chi connectivity index (χ0n) is 10.8. The van der Waals surface area contributed by atoms with E-state index in [0.717, 1.165) is 14.7 Å². The third-order valence-electron chi connectivity index (χ3n) is 2.98. The van der Waals surface area contributed by atoms with Gasteiger partial charge in [0.1, 0.15) is 0 Å². The molecular weight excluding hydrogens is 351 g/mol. The van der Waals surface area contributed by atoms with Crippen molar-refractivity contribution in [2.45, 2.75) is 13.8 Å². The average Bonchev–Trinajstić information content (AvgIpc) is 2.37. The quantitative estimate of drug-likeness (QED) is 0.629. The van der Waals surface area contributed by atoms with Crippen molar-refractivity contribution < 1.29 is 4.79 Å². The molecule has 0 atom stereocenters. The van der Waals surface area contributed by atoms with Gasteiger partial charge in [0.25, 0.3) is 5.91 Å². The second-order valence-electron chi connectivity index (χ2n) is 4.43. The molecule has 0 radical (unpaired) electrons. The van der Waals surface area contributed by atoms with Crippen molar-refractivity contribution >= 4 is 39.9 Å².